The number of β-lactam (4-membered cyclic amide) rings is 1. The number of carboxylic acid groups (broad SMARTS) is 2. The van der Waals surface area contributed by atoms with Crippen LogP contribution in [0, 0.1) is 0 Å². The number of amides is 3. The SMILES string of the molecule is CC(C)(O/N=C(\C(=O)N[C@@H]1C(=O)N2C(C(=O)[O-])=C(C[N+]3(CCNC(=O)c4ccc(O)c(O)c4Cl)CCCCC3)CS[C@H]12)c1csc(N)n1)C(=O)O. The predicted molar refractivity (Wildman–Crippen MR) is 184 cm³/mol. The van der Waals surface area contributed by atoms with Gasteiger partial charge in [-0.2, -0.15) is 0 Å². The topological polar surface area (TPSA) is 257 Å². The third-order valence-electron chi connectivity index (χ3n) is 8.89. The summed E-state index contributed by atoms with van der Waals surface area (Å²) in [6.07, 6.45) is 2.73. The van der Waals surface area contributed by atoms with Gasteiger partial charge in [-0.1, -0.05) is 16.8 Å². The minimum atomic E-state index is -1.80. The zero-order chi connectivity index (χ0) is 37.2. The number of carbonyl (C=O) groups excluding carboxylic acids is 4. The maximum atomic E-state index is 13.5. The molecule has 0 radical (unpaired) electrons. The van der Waals surface area contributed by atoms with E-state index in [1.54, 1.807) is 0 Å². The molecule has 0 aliphatic carbocycles. The molecule has 3 aliphatic heterocycles. The molecular formula is C31H36ClN7O10S2. The van der Waals surface area contributed by atoms with Crippen LogP contribution in [0.3, 0.4) is 0 Å². The molecule has 5 rings (SSSR count). The second kappa shape index (κ2) is 14.9. The fourth-order valence-corrected chi connectivity index (χ4v) is 8.21. The maximum Gasteiger partial charge on any atom is 0.350 e. The lowest BCUT2D eigenvalue weighted by Crippen LogP contribution is -2.72. The van der Waals surface area contributed by atoms with E-state index < -0.39 is 63.9 Å². The molecule has 0 spiro atoms. The molecule has 3 amide bonds. The lowest BCUT2D eigenvalue weighted by molar-refractivity contribution is -0.927. The number of oxime groups is 1. The number of aromatic nitrogens is 1. The van der Waals surface area contributed by atoms with Gasteiger partial charge in [0, 0.05) is 16.7 Å². The van der Waals surface area contributed by atoms with E-state index in [4.69, 9.17) is 22.2 Å². The monoisotopic (exact) mass is 765 g/mol. The van der Waals surface area contributed by atoms with Gasteiger partial charge in [0.1, 0.15) is 23.7 Å². The van der Waals surface area contributed by atoms with Gasteiger partial charge in [-0.3, -0.25) is 19.3 Å². The summed E-state index contributed by atoms with van der Waals surface area (Å²) in [6.45, 7) is 4.76. The number of nitrogens with one attached hydrogen (secondary N) is 2. The number of aliphatic carboxylic acids is 2. The molecule has 274 valence electrons. The van der Waals surface area contributed by atoms with Crippen molar-refractivity contribution in [2.24, 2.45) is 5.16 Å². The first-order valence-corrected chi connectivity index (χ1v) is 18.1. The number of carboxylic acids is 2. The molecule has 0 unspecified atom stereocenters. The summed E-state index contributed by atoms with van der Waals surface area (Å²) in [5.41, 5.74) is 3.69. The normalized spacial score (nSPS) is 20.3. The van der Waals surface area contributed by atoms with Crippen LogP contribution in [-0.4, -0.2) is 121 Å². The van der Waals surface area contributed by atoms with Gasteiger partial charge in [0.25, 0.3) is 17.7 Å². The first-order valence-electron chi connectivity index (χ1n) is 15.8. The van der Waals surface area contributed by atoms with E-state index in [1.807, 2.05) is 0 Å². The van der Waals surface area contributed by atoms with Gasteiger partial charge in [-0.25, -0.2) is 9.78 Å². The number of benzene rings is 1. The van der Waals surface area contributed by atoms with E-state index >= 15 is 0 Å². The molecule has 20 heteroatoms. The number of phenols is 2. The summed E-state index contributed by atoms with van der Waals surface area (Å²) in [5, 5.41) is 51.1. The Morgan fingerprint density at radius 2 is 1.92 bits per heavy atom. The van der Waals surface area contributed by atoms with Crippen LogP contribution in [-0.2, 0) is 24.0 Å². The van der Waals surface area contributed by atoms with Crippen molar-refractivity contribution in [2.45, 2.75) is 50.1 Å². The van der Waals surface area contributed by atoms with Crippen LogP contribution in [0.25, 0.3) is 0 Å². The number of nitrogens with zero attached hydrogens (tertiary/aromatic N) is 4. The van der Waals surface area contributed by atoms with Crippen LogP contribution in [0.5, 0.6) is 11.5 Å². The highest BCUT2D eigenvalue weighted by Crippen LogP contribution is 2.41. The number of quaternary nitrogens is 1. The van der Waals surface area contributed by atoms with Crippen molar-refractivity contribution in [3.05, 3.63) is 45.1 Å². The first-order chi connectivity index (χ1) is 24.0. The van der Waals surface area contributed by atoms with E-state index in [0.717, 1.165) is 41.6 Å². The first kappa shape index (κ1) is 37.7. The van der Waals surface area contributed by atoms with Crippen LogP contribution in [0.2, 0.25) is 5.02 Å². The van der Waals surface area contributed by atoms with E-state index in [1.165, 1.54) is 37.1 Å². The highest BCUT2D eigenvalue weighted by atomic mass is 35.5. The van der Waals surface area contributed by atoms with Gasteiger partial charge in [-0.15, -0.1) is 23.1 Å². The van der Waals surface area contributed by atoms with Gasteiger partial charge in [0.05, 0.1) is 48.4 Å². The van der Waals surface area contributed by atoms with Crippen molar-refractivity contribution in [1.29, 1.82) is 0 Å². The van der Waals surface area contributed by atoms with Crippen molar-refractivity contribution in [1.82, 2.24) is 20.5 Å². The number of aromatic hydroxyl groups is 2. The van der Waals surface area contributed by atoms with E-state index in [-0.39, 0.29) is 46.0 Å². The number of thiazole rings is 1. The second-order valence-corrected chi connectivity index (χ2v) is 15.2. The van der Waals surface area contributed by atoms with Crippen LogP contribution in [0.1, 0.15) is 49.2 Å². The Morgan fingerprint density at radius 1 is 1.22 bits per heavy atom. The number of nitrogens with two attached hydrogens (primary N) is 1. The van der Waals surface area contributed by atoms with Gasteiger partial charge >= 0.3 is 5.97 Å². The number of hydrogen-bond acceptors (Lipinski definition) is 14. The third-order valence-corrected chi connectivity index (χ3v) is 11.3. The van der Waals surface area contributed by atoms with Crippen LogP contribution in [0.4, 0.5) is 5.13 Å². The van der Waals surface area contributed by atoms with Gasteiger partial charge in [-0.05, 0) is 45.2 Å². The molecule has 0 bridgehead atoms. The van der Waals surface area contributed by atoms with Crippen molar-refractivity contribution in [2.75, 3.05) is 44.2 Å². The fraction of sp³-hybridized carbons (Fsp3) is 0.452. The average molecular weight is 766 g/mol. The molecule has 1 aromatic heterocycles. The maximum absolute atomic E-state index is 13.5. The highest BCUT2D eigenvalue weighted by Gasteiger charge is 2.54. The molecule has 17 nitrogen and oxygen atoms in total. The Morgan fingerprint density at radius 3 is 2.55 bits per heavy atom. The van der Waals surface area contributed by atoms with E-state index in [0.29, 0.717) is 29.7 Å². The Hall–Kier alpha value is -4.59. The summed E-state index contributed by atoms with van der Waals surface area (Å²) in [5.74, 6) is -5.88. The van der Waals surface area contributed by atoms with Crippen molar-refractivity contribution in [3.8, 4) is 11.5 Å². The van der Waals surface area contributed by atoms with Gasteiger partial charge < -0.3 is 50.9 Å². The molecule has 0 saturated carbocycles. The largest absolute Gasteiger partial charge is 0.543 e. The molecule has 2 atom stereocenters. The average Bonchev–Trinajstić information content (AvgIpc) is 3.51. The summed E-state index contributed by atoms with van der Waals surface area (Å²) in [4.78, 5) is 74.1. The molecular weight excluding hydrogens is 730 g/mol. The summed E-state index contributed by atoms with van der Waals surface area (Å²) >= 11 is 8.32. The molecule has 3 aliphatic rings. The van der Waals surface area contributed by atoms with Gasteiger partial charge in [0.15, 0.2) is 22.3 Å². The van der Waals surface area contributed by atoms with Crippen LogP contribution in [0.15, 0.2) is 33.9 Å². The minimum Gasteiger partial charge on any atom is -0.543 e. The Kier molecular flexibility index (Phi) is 11.0. The number of halogens is 1. The number of rotatable bonds is 13. The van der Waals surface area contributed by atoms with E-state index in [9.17, 15) is 44.4 Å². The number of piperidine rings is 1. The number of carbonyl (C=O) groups is 5. The molecule has 2 saturated heterocycles. The van der Waals surface area contributed by atoms with Crippen LogP contribution >= 0.6 is 34.7 Å². The lowest BCUT2D eigenvalue weighted by atomic mass is 10.00. The molecule has 7 N–H and O–H groups in total. The van der Waals surface area contributed by atoms with Gasteiger partial charge in [0.2, 0.25) is 5.60 Å². The van der Waals surface area contributed by atoms with Crippen molar-refractivity contribution in [3.63, 3.8) is 0 Å². The van der Waals surface area contributed by atoms with Crippen molar-refractivity contribution >= 4 is 75.2 Å². The number of fused-ring (bicyclic) bond motifs is 1. The van der Waals surface area contributed by atoms with E-state index in [2.05, 4.69) is 20.8 Å². The summed E-state index contributed by atoms with van der Waals surface area (Å²) in [6, 6.07) is 1.30. The number of phenolic OH excluding ortho intramolecular Hbond substituents is 2. The zero-order valence-electron chi connectivity index (χ0n) is 27.5. The molecule has 2 fully saturated rings. The second-order valence-electron chi connectivity index (χ2n) is 12.8. The number of nitrogen functional groups attached to an aromatic ring is 1. The Bertz CT molecular complexity index is 1820. The third kappa shape index (κ3) is 7.85. The highest BCUT2D eigenvalue weighted by molar-refractivity contribution is 8.00. The molecule has 51 heavy (non-hydrogen) atoms. The summed E-state index contributed by atoms with van der Waals surface area (Å²) in [7, 11) is 0. The standard InChI is InChI=1S/C31H36ClN7O10S2/c1-31(2,29(47)48)49-37-20(17-14-51-30(33)35-17)25(43)36-21-26(44)38-22(28(45)46)15(13-50-27(21)38)12-39(9-4-3-5-10-39)11-8-34-24(42)16-6-7-18(40)23(41)19(16)32/h6-7,14,21,27H,3-5,8-13H2,1-2H3,(H7-,33,34,35,36,37,40,41,42,43,45,46,47,48)/t21-,27-/m1/s1. The molecule has 4 heterocycles. The number of thioether (sulfide) groups is 1. The van der Waals surface area contributed by atoms with Crippen molar-refractivity contribution < 1.29 is 53.7 Å². The fourth-order valence-electron chi connectivity index (χ4n) is 6.08. The molecule has 2 aromatic rings. The number of hydrogen-bond donors (Lipinski definition) is 6. The summed E-state index contributed by atoms with van der Waals surface area (Å²) < 4.78 is 0.442. The number of likely N-dealkylation sites (tertiary alicyclic amines) is 1. The number of anilines is 1. The Balaban J connectivity index is 1.31. The van der Waals surface area contributed by atoms with Crippen LogP contribution < -0.4 is 21.5 Å². The molecule has 1 aromatic carbocycles. The zero-order valence-corrected chi connectivity index (χ0v) is 29.9. The smallest absolute Gasteiger partial charge is 0.350 e. The lowest BCUT2D eigenvalue weighted by Gasteiger charge is -2.52. The predicted octanol–water partition coefficient (Wildman–Crippen LogP) is 0.208. The Labute approximate surface area is 304 Å². The minimum absolute atomic E-state index is 0.00947. The quantitative estimate of drug-likeness (QED) is 0.0525.